The Labute approximate surface area is 124 Å². The van der Waals surface area contributed by atoms with Crippen molar-refractivity contribution in [3.05, 3.63) is 12.4 Å². The van der Waals surface area contributed by atoms with Gasteiger partial charge in [0.25, 0.3) is 5.91 Å². The Morgan fingerprint density at radius 3 is 2.71 bits per heavy atom. The van der Waals surface area contributed by atoms with Crippen LogP contribution in [0.15, 0.2) is 12.4 Å². The van der Waals surface area contributed by atoms with Crippen molar-refractivity contribution in [3.63, 3.8) is 0 Å². The Morgan fingerprint density at radius 1 is 1.33 bits per heavy atom. The molecule has 2 aliphatic rings. The number of aromatic nitrogens is 2. The number of piperazine rings is 1. The molecule has 0 bridgehead atoms. The van der Waals surface area contributed by atoms with Gasteiger partial charge in [-0.25, -0.2) is 0 Å². The van der Waals surface area contributed by atoms with Crippen LogP contribution >= 0.6 is 0 Å². The van der Waals surface area contributed by atoms with Gasteiger partial charge in [0, 0.05) is 18.8 Å². The van der Waals surface area contributed by atoms with Crippen LogP contribution in [0.25, 0.3) is 0 Å². The first kappa shape index (κ1) is 14.1. The van der Waals surface area contributed by atoms with Crippen LogP contribution in [0.1, 0.15) is 46.1 Å². The predicted molar refractivity (Wildman–Crippen MR) is 78.9 cm³/mol. The van der Waals surface area contributed by atoms with Crippen LogP contribution in [0.2, 0.25) is 0 Å². The number of hydrogen-bond acceptors (Lipinski definition) is 3. The van der Waals surface area contributed by atoms with E-state index in [0.717, 1.165) is 18.5 Å². The Bertz CT molecular complexity index is 566. The number of nitrogens with zero attached hydrogens (tertiary/aromatic N) is 4. The number of hydrogen-bond donors (Lipinski definition) is 0. The normalized spacial score (nSPS) is 25.9. The molecule has 21 heavy (non-hydrogen) atoms. The highest BCUT2D eigenvalue weighted by Gasteiger charge is 2.47. The Kier molecular flexibility index (Phi) is 3.47. The summed E-state index contributed by atoms with van der Waals surface area (Å²) in [6.45, 7) is 6.74. The van der Waals surface area contributed by atoms with Gasteiger partial charge in [0.15, 0.2) is 0 Å². The fraction of sp³-hybridized carbons (Fsp3) is 0.667. The van der Waals surface area contributed by atoms with Crippen molar-refractivity contribution in [2.45, 2.75) is 58.2 Å². The second-order valence-electron chi connectivity index (χ2n) is 6.09. The third-order valence-corrected chi connectivity index (χ3v) is 4.44. The summed E-state index contributed by atoms with van der Waals surface area (Å²) >= 11 is 0. The molecule has 1 aromatic rings. The smallest absolute Gasteiger partial charge is 0.250 e. The molecule has 2 unspecified atom stereocenters. The first-order valence-corrected chi connectivity index (χ1v) is 7.72. The number of carbonyl (C=O) groups is 2. The summed E-state index contributed by atoms with van der Waals surface area (Å²) in [6, 6.07) is -0.434. The van der Waals surface area contributed by atoms with Crippen LogP contribution in [0.5, 0.6) is 0 Å². The van der Waals surface area contributed by atoms with Gasteiger partial charge in [-0.3, -0.25) is 19.2 Å². The number of rotatable bonds is 3. The fourth-order valence-corrected chi connectivity index (χ4v) is 3.30. The minimum atomic E-state index is -0.392. The van der Waals surface area contributed by atoms with E-state index in [9.17, 15) is 9.59 Å². The van der Waals surface area contributed by atoms with E-state index >= 15 is 0 Å². The average molecular weight is 290 g/mol. The van der Waals surface area contributed by atoms with E-state index in [2.05, 4.69) is 5.10 Å². The maximum Gasteiger partial charge on any atom is 0.250 e. The zero-order chi connectivity index (χ0) is 15.1. The molecule has 0 spiro atoms. The van der Waals surface area contributed by atoms with Gasteiger partial charge in [0.1, 0.15) is 12.1 Å². The summed E-state index contributed by atoms with van der Waals surface area (Å²) in [4.78, 5) is 28.8. The lowest BCUT2D eigenvalue weighted by molar-refractivity contribution is -0.144. The molecule has 2 saturated heterocycles. The van der Waals surface area contributed by atoms with Crippen LogP contribution in [0.4, 0.5) is 5.69 Å². The van der Waals surface area contributed by atoms with Crippen LogP contribution in [0, 0.1) is 0 Å². The first-order valence-electron chi connectivity index (χ1n) is 7.72. The van der Waals surface area contributed by atoms with Gasteiger partial charge in [-0.05, 0) is 33.1 Å². The van der Waals surface area contributed by atoms with Crippen molar-refractivity contribution in [3.8, 4) is 0 Å². The maximum absolute atomic E-state index is 12.8. The molecule has 3 heterocycles. The first-order chi connectivity index (χ1) is 10.0. The zero-order valence-corrected chi connectivity index (χ0v) is 12.8. The summed E-state index contributed by atoms with van der Waals surface area (Å²) in [5.41, 5.74) is 0.737. The second kappa shape index (κ2) is 5.16. The van der Waals surface area contributed by atoms with Crippen molar-refractivity contribution >= 4 is 17.5 Å². The molecule has 1 aromatic heterocycles. The zero-order valence-electron chi connectivity index (χ0n) is 12.8. The summed E-state index contributed by atoms with van der Waals surface area (Å²) in [7, 11) is 0. The topological polar surface area (TPSA) is 58.4 Å². The van der Waals surface area contributed by atoms with E-state index in [-0.39, 0.29) is 23.9 Å². The van der Waals surface area contributed by atoms with Gasteiger partial charge >= 0.3 is 0 Å². The van der Waals surface area contributed by atoms with Gasteiger partial charge in [0.2, 0.25) is 5.91 Å². The van der Waals surface area contributed by atoms with Crippen molar-refractivity contribution in [1.29, 1.82) is 0 Å². The monoisotopic (exact) mass is 290 g/mol. The molecule has 3 rings (SSSR count). The second-order valence-corrected chi connectivity index (χ2v) is 6.09. The van der Waals surface area contributed by atoms with Gasteiger partial charge in [-0.2, -0.15) is 5.10 Å². The minimum absolute atomic E-state index is 0.0438. The minimum Gasteiger partial charge on any atom is -0.329 e. The third kappa shape index (κ3) is 2.13. The van der Waals surface area contributed by atoms with Crippen molar-refractivity contribution < 1.29 is 9.59 Å². The summed E-state index contributed by atoms with van der Waals surface area (Å²) < 4.78 is 1.82. The molecule has 6 heteroatoms. The van der Waals surface area contributed by atoms with E-state index in [4.69, 9.17) is 0 Å². The molecular formula is C15H22N4O2. The molecule has 0 N–H and O–H groups in total. The molecular weight excluding hydrogens is 268 g/mol. The molecule has 2 fully saturated rings. The van der Waals surface area contributed by atoms with Gasteiger partial charge in [0.05, 0.1) is 11.9 Å². The van der Waals surface area contributed by atoms with Gasteiger partial charge < -0.3 is 4.90 Å². The van der Waals surface area contributed by atoms with Gasteiger partial charge in [-0.15, -0.1) is 0 Å². The highest BCUT2D eigenvalue weighted by atomic mass is 16.2. The Morgan fingerprint density at radius 2 is 2.10 bits per heavy atom. The van der Waals surface area contributed by atoms with E-state index in [0.29, 0.717) is 13.0 Å². The molecule has 0 radical (unpaired) electrons. The lowest BCUT2D eigenvalue weighted by atomic mass is 10.0. The highest BCUT2D eigenvalue weighted by Crippen LogP contribution is 2.31. The van der Waals surface area contributed by atoms with E-state index < -0.39 is 6.04 Å². The van der Waals surface area contributed by atoms with E-state index in [1.165, 1.54) is 0 Å². The largest absolute Gasteiger partial charge is 0.329 e. The third-order valence-electron chi connectivity index (χ3n) is 4.44. The van der Waals surface area contributed by atoms with Crippen LogP contribution in [0.3, 0.4) is 0 Å². The molecule has 114 valence electrons. The predicted octanol–water partition coefficient (Wildman–Crippen LogP) is 1.58. The summed E-state index contributed by atoms with van der Waals surface area (Å²) in [6.07, 6.45) is 5.87. The van der Waals surface area contributed by atoms with Crippen molar-refractivity contribution in [2.24, 2.45) is 0 Å². The van der Waals surface area contributed by atoms with Gasteiger partial charge in [-0.1, -0.05) is 6.92 Å². The highest BCUT2D eigenvalue weighted by molar-refractivity contribution is 6.08. The lowest BCUT2D eigenvalue weighted by Crippen LogP contribution is -2.62. The molecule has 6 nitrogen and oxygen atoms in total. The molecule has 2 aliphatic heterocycles. The van der Waals surface area contributed by atoms with Crippen LogP contribution < -0.4 is 4.90 Å². The number of anilines is 1. The standard InChI is InChI=1S/C15H22N4O2/c1-4-12-14(20)17-7-5-6-13(17)15(21)19(12)11-8-16-18(9-11)10(2)3/h8-10,12-13H,4-7H2,1-3H3. The maximum atomic E-state index is 12.8. The fourth-order valence-electron chi connectivity index (χ4n) is 3.30. The molecule has 0 aliphatic carbocycles. The summed E-state index contributed by atoms with van der Waals surface area (Å²) in [5.74, 6) is 0.124. The van der Waals surface area contributed by atoms with E-state index in [1.807, 2.05) is 31.6 Å². The average Bonchev–Trinajstić information content (AvgIpc) is 3.10. The van der Waals surface area contributed by atoms with Crippen LogP contribution in [-0.4, -0.2) is 45.1 Å². The Balaban J connectivity index is 1.97. The molecule has 2 amide bonds. The molecule has 0 saturated carbocycles. The molecule has 2 atom stereocenters. The quantitative estimate of drug-likeness (QED) is 0.849. The number of fused-ring (bicyclic) bond motifs is 1. The lowest BCUT2D eigenvalue weighted by Gasteiger charge is -2.41. The van der Waals surface area contributed by atoms with E-state index in [1.54, 1.807) is 16.0 Å². The number of amides is 2. The molecule has 0 aromatic carbocycles. The SMILES string of the molecule is CCC1C(=O)N2CCCC2C(=O)N1c1cnn(C(C)C)c1. The Hall–Kier alpha value is -1.85. The summed E-state index contributed by atoms with van der Waals surface area (Å²) in [5, 5.41) is 4.30. The van der Waals surface area contributed by atoms with Crippen LogP contribution in [-0.2, 0) is 9.59 Å². The van der Waals surface area contributed by atoms with Crippen molar-refractivity contribution in [2.75, 3.05) is 11.4 Å². The van der Waals surface area contributed by atoms with Crippen molar-refractivity contribution in [1.82, 2.24) is 14.7 Å². The number of carbonyl (C=O) groups excluding carboxylic acids is 2.